The van der Waals surface area contributed by atoms with Crippen LogP contribution in [0, 0.1) is 0 Å². The molecule has 2 aliphatic rings. The number of ether oxygens (including phenoxy) is 1. The number of hydrogen-bond donors (Lipinski definition) is 3. The van der Waals surface area contributed by atoms with E-state index in [0.717, 1.165) is 45.6 Å². The molecule has 7 nitrogen and oxygen atoms in total. The van der Waals surface area contributed by atoms with Crippen LogP contribution in [-0.2, 0) is 4.79 Å². The van der Waals surface area contributed by atoms with Crippen LogP contribution in [0.25, 0.3) is 10.1 Å². The number of nitrogens with one attached hydrogen (secondary N) is 1. The minimum absolute atomic E-state index is 0.492. The molecule has 0 radical (unpaired) electrons. The number of piperazine rings is 1. The zero-order chi connectivity index (χ0) is 22.8. The SMILES string of the molecule is O=C1Nc2cc(OCCCCN3CCN(c4cccc5sccc45)CC3)ccc2[C@@H](O)[C@H]1O. The summed E-state index contributed by atoms with van der Waals surface area (Å²) in [7, 11) is 0. The van der Waals surface area contributed by atoms with Crippen LogP contribution in [0.2, 0.25) is 0 Å². The summed E-state index contributed by atoms with van der Waals surface area (Å²) in [6, 6.07) is 14.0. The molecule has 1 saturated heterocycles. The zero-order valence-corrected chi connectivity index (χ0v) is 19.3. The van der Waals surface area contributed by atoms with Crippen LogP contribution in [0.4, 0.5) is 11.4 Å². The number of carbonyl (C=O) groups excluding carboxylic acids is 1. The first-order chi connectivity index (χ1) is 16.1. The Morgan fingerprint density at radius 1 is 1.03 bits per heavy atom. The molecule has 0 bridgehead atoms. The van der Waals surface area contributed by atoms with Gasteiger partial charge in [-0.3, -0.25) is 9.69 Å². The molecule has 0 aliphatic carbocycles. The second-order valence-corrected chi connectivity index (χ2v) is 9.57. The minimum Gasteiger partial charge on any atom is -0.494 e. The lowest BCUT2D eigenvalue weighted by atomic mass is 9.97. The molecule has 0 saturated carbocycles. The topological polar surface area (TPSA) is 85.3 Å². The van der Waals surface area contributed by atoms with E-state index in [4.69, 9.17) is 4.74 Å². The van der Waals surface area contributed by atoms with E-state index in [1.165, 1.54) is 15.8 Å². The average Bonchev–Trinajstić information content (AvgIpc) is 3.32. The van der Waals surface area contributed by atoms with Crippen molar-refractivity contribution < 1.29 is 19.7 Å². The summed E-state index contributed by atoms with van der Waals surface area (Å²) >= 11 is 1.80. The Morgan fingerprint density at radius 3 is 2.73 bits per heavy atom. The maximum absolute atomic E-state index is 11.7. The number of fused-ring (bicyclic) bond motifs is 2. The minimum atomic E-state index is -1.43. The van der Waals surface area contributed by atoms with E-state index in [0.29, 0.717) is 23.6 Å². The Labute approximate surface area is 197 Å². The molecule has 3 N–H and O–H groups in total. The number of aliphatic hydroxyl groups is 2. The van der Waals surface area contributed by atoms with Gasteiger partial charge in [0.2, 0.25) is 0 Å². The molecule has 174 valence electrons. The number of aliphatic hydroxyl groups excluding tert-OH is 2. The number of benzene rings is 2. The van der Waals surface area contributed by atoms with Crippen molar-refractivity contribution in [3.8, 4) is 5.75 Å². The summed E-state index contributed by atoms with van der Waals surface area (Å²) in [6.07, 6.45) is -0.636. The third-order valence-electron chi connectivity index (χ3n) is 6.49. The smallest absolute Gasteiger partial charge is 0.256 e. The van der Waals surface area contributed by atoms with Gasteiger partial charge in [0, 0.05) is 53.6 Å². The lowest BCUT2D eigenvalue weighted by Crippen LogP contribution is -2.46. The van der Waals surface area contributed by atoms with Gasteiger partial charge >= 0.3 is 0 Å². The highest BCUT2D eigenvalue weighted by Crippen LogP contribution is 2.34. The maximum Gasteiger partial charge on any atom is 0.256 e. The van der Waals surface area contributed by atoms with Crippen LogP contribution in [0.15, 0.2) is 47.8 Å². The molecule has 2 aliphatic heterocycles. The lowest BCUT2D eigenvalue weighted by Gasteiger charge is -2.36. The number of unbranched alkanes of at least 4 members (excludes halogenated alkanes) is 1. The Morgan fingerprint density at radius 2 is 1.88 bits per heavy atom. The maximum atomic E-state index is 11.7. The van der Waals surface area contributed by atoms with Gasteiger partial charge in [-0.05, 0) is 49.0 Å². The fourth-order valence-electron chi connectivity index (χ4n) is 4.61. The van der Waals surface area contributed by atoms with Gasteiger partial charge in [0.25, 0.3) is 5.91 Å². The normalized spacial score (nSPS) is 21.2. The molecule has 1 aromatic heterocycles. The monoisotopic (exact) mass is 467 g/mol. The first-order valence-electron chi connectivity index (χ1n) is 11.5. The summed E-state index contributed by atoms with van der Waals surface area (Å²) in [4.78, 5) is 16.7. The molecule has 5 rings (SSSR count). The molecule has 2 aromatic carbocycles. The fraction of sp³-hybridized carbons (Fsp3) is 0.400. The van der Waals surface area contributed by atoms with Gasteiger partial charge in [-0.15, -0.1) is 11.3 Å². The molecule has 8 heteroatoms. The third kappa shape index (κ3) is 4.70. The van der Waals surface area contributed by atoms with E-state index in [-0.39, 0.29) is 0 Å². The summed E-state index contributed by atoms with van der Waals surface area (Å²) in [5.41, 5.74) is 2.35. The van der Waals surface area contributed by atoms with Gasteiger partial charge < -0.3 is 25.2 Å². The second-order valence-electron chi connectivity index (χ2n) is 8.62. The highest BCUT2D eigenvalue weighted by Gasteiger charge is 2.33. The molecule has 0 spiro atoms. The van der Waals surface area contributed by atoms with Gasteiger partial charge in [0.1, 0.15) is 11.9 Å². The zero-order valence-electron chi connectivity index (χ0n) is 18.4. The van der Waals surface area contributed by atoms with Crippen LogP contribution in [0.3, 0.4) is 0 Å². The molecule has 33 heavy (non-hydrogen) atoms. The van der Waals surface area contributed by atoms with Crippen molar-refractivity contribution in [3.05, 3.63) is 53.4 Å². The van der Waals surface area contributed by atoms with Gasteiger partial charge in [0.15, 0.2) is 6.10 Å². The number of rotatable bonds is 7. The molecule has 1 fully saturated rings. The van der Waals surface area contributed by atoms with E-state index in [1.807, 2.05) is 0 Å². The van der Waals surface area contributed by atoms with E-state index in [2.05, 4.69) is 44.8 Å². The second kappa shape index (κ2) is 9.69. The van der Waals surface area contributed by atoms with Gasteiger partial charge in [-0.25, -0.2) is 0 Å². The Bertz CT molecular complexity index is 1130. The average molecular weight is 468 g/mol. The first-order valence-corrected chi connectivity index (χ1v) is 12.4. The summed E-state index contributed by atoms with van der Waals surface area (Å²) < 4.78 is 7.20. The number of anilines is 2. The Kier molecular flexibility index (Phi) is 6.50. The molecule has 3 heterocycles. The summed E-state index contributed by atoms with van der Waals surface area (Å²) in [5, 5.41) is 25.8. The van der Waals surface area contributed by atoms with Crippen LogP contribution >= 0.6 is 11.3 Å². The molecular weight excluding hydrogens is 438 g/mol. The van der Waals surface area contributed by atoms with Crippen molar-refractivity contribution in [3.63, 3.8) is 0 Å². The standard InChI is InChI=1S/C25H29N3O4S/c29-23-18-7-6-17(16-20(18)26-25(31)24(23)30)32-14-2-1-9-27-10-12-28(13-11-27)21-4-3-5-22-19(21)8-15-33-22/h3-8,15-16,23-24,29-30H,1-2,9-14H2,(H,26,31)/t23-,24-/m1/s1. The van der Waals surface area contributed by atoms with Crippen molar-refractivity contribution in [1.82, 2.24) is 4.90 Å². The Balaban J connectivity index is 1.04. The predicted octanol–water partition coefficient (Wildman–Crippen LogP) is 3.23. The fourth-order valence-corrected chi connectivity index (χ4v) is 5.41. The van der Waals surface area contributed by atoms with Crippen molar-refractivity contribution in [2.45, 2.75) is 25.0 Å². The number of thiophene rings is 1. The molecule has 3 aromatic rings. The van der Waals surface area contributed by atoms with E-state index in [9.17, 15) is 15.0 Å². The van der Waals surface area contributed by atoms with Gasteiger partial charge in [-0.2, -0.15) is 0 Å². The van der Waals surface area contributed by atoms with E-state index < -0.39 is 18.1 Å². The quantitative estimate of drug-likeness (QED) is 0.463. The van der Waals surface area contributed by atoms with Gasteiger partial charge in [-0.1, -0.05) is 12.1 Å². The van der Waals surface area contributed by atoms with Crippen molar-refractivity contribution in [2.24, 2.45) is 0 Å². The van der Waals surface area contributed by atoms with Gasteiger partial charge in [0.05, 0.1) is 12.3 Å². The van der Waals surface area contributed by atoms with Crippen LogP contribution < -0.4 is 15.0 Å². The predicted molar refractivity (Wildman–Crippen MR) is 131 cm³/mol. The highest BCUT2D eigenvalue weighted by molar-refractivity contribution is 7.17. The summed E-state index contributed by atoms with van der Waals surface area (Å²) in [5.74, 6) is 0.0492. The van der Waals surface area contributed by atoms with Crippen LogP contribution in [0.1, 0.15) is 24.5 Å². The van der Waals surface area contributed by atoms with Crippen LogP contribution in [-0.4, -0.2) is 66.5 Å². The van der Waals surface area contributed by atoms with Crippen molar-refractivity contribution >= 4 is 38.7 Å². The lowest BCUT2D eigenvalue weighted by molar-refractivity contribution is -0.130. The number of nitrogens with zero attached hydrogens (tertiary/aromatic N) is 2. The van der Waals surface area contributed by atoms with Crippen molar-refractivity contribution in [2.75, 3.05) is 49.5 Å². The van der Waals surface area contributed by atoms with Crippen molar-refractivity contribution in [1.29, 1.82) is 0 Å². The number of carbonyl (C=O) groups is 1. The molecular formula is C25H29N3O4S. The third-order valence-corrected chi connectivity index (χ3v) is 7.37. The molecule has 0 unspecified atom stereocenters. The van der Waals surface area contributed by atoms with E-state index in [1.54, 1.807) is 29.5 Å². The first kappa shape index (κ1) is 22.2. The van der Waals surface area contributed by atoms with Crippen LogP contribution in [0.5, 0.6) is 5.75 Å². The largest absolute Gasteiger partial charge is 0.494 e. The molecule has 2 atom stereocenters. The number of amides is 1. The Hall–Kier alpha value is -2.65. The number of hydrogen-bond acceptors (Lipinski definition) is 7. The van der Waals surface area contributed by atoms with E-state index >= 15 is 0 Å². The molecule has 1 amide bonds. The summed E-state index contributed by atoms with van der Waals surface area (Å²) in [6.45, 7) is 5.89. The highest BCUT2D eigenvalue weighted by atomic mass is 32.1.